The Balaban J connectivity index is 1.99. The monoisotopic (exact) mass is 372 g/mol. The van der Waals surface area contributed by atoms with Crippen LogP contribution in [0.15, 0.2) is 46.0 Å². The first-order valence-electron chi connectivity index (χ1n) is 5.75. The van der Waals surface area contributed by atoms with Crippen LogP contribution < -0.4 is 5.43 Å². The predicted octanol–water partition coefficient (Wildman–Crippen LogP) is 4.59. The van der Waals surface area contributed by atoms with Crippen molar-refractivity contribution in [1.82, 2.24) is 5.43 Å². The smallest absolute Gasteiger partial charge is 0.129 e. The molecule has 20 heavy (non-hydrogen) atoms. The van der Waals surface area contributed by atoms with Gasteiger partial charge in [-0.1, -0.05) is 29.3 Å². The van der Waals surface area contributed by atoms with Crippen molar-refractivity contribution in [3.05, 3.63) is 62.0 Å². The van der Waals surface area contributed by atoms with E-state index in [0.29, 0.717) is 21.1 Å². The number of nitrogens with zero attached hydrogens (tertiary/aromatic N) is 1. The van der Waals surface area contributed by atoms with Gasteiger partial charge in [0, 0.05) is 15.6 Å². The van der Waals surface area contributed by atoms with Gasteiger partial charge in [-0.15, -0.1) is 0 Å². The van der Waals surface area contributed by atoms with Crippen LogP contribution in [0, 0.1) is 0 Å². The third-order valence-corrected chi connectivity index (χ3v) is 3.94. The molecular weight excluding hydrogens is 363 g/mol. The van der Waals surface area contributed by atoms with Crippen molar-refractivity contribution in [2.75, 3.05) is 0 Å². The Morgan fingerprint density at radius 2 is 1.90 bits per heavy atom. The van der Waals surface area contributed by atoms with Crippen LogP contribution in [0.1, 0.15) is 11.1 Å². The van der Waals surface area contributed by atoms with Crippen LogP contribution in [-0.2, 0) is 6.54 Å². The van der Waals surface area contributed by atoms with Gasteiger partial charge in [0.25, 0.3) is 0 Å². The van der Waals surface area contributed by atoms with E-state index >= 15 is 0 Å². The highest BCUT2D eigenvalue weighted by Crippen LogP contribution is 2.24. The van der Waals surface area contributed by atoms with Gasteiger partial charge in [0.05, 0.1) is 17.2 Å². The Bertz CT molecular complexity index is 627. The Morgan fingerprint density at radius 3 is 2.55 bits per heavy atom. The number of hydrogen-bond donors (Lipinski definition) is 2. The first-order valence-corrected chi connectivity index (χ1v) is 7.30. The van der Waals surface area contributed by atoms with Crippen molar-refractivity contribution in [1.29, 1.82) is 0 Å². The van der Waals surface area contributed by atoms with E-state index in [4.69, 9.17) is 23.2 Å². The Morgan fingerprint density at radius 1 is 1.20 bits per heavy atom. The maximum absolute atomic E-state index is 9.39. The summed E-state index contributed by atoms with van der Waals surface area (Å²) in [5.74, 6) is 0.193. The molecule has 2 rings (SSSR count). The topological polar surface area (TPSA) is 44.6 Å². The standard InChI is InChI=1S/C14H11BrCl2N2O/c15-11-6-9(4-5-14(11)20)7-18-19-8-10-12(16)2-1-3-13(10)17/h1-7,19-20H,8H2/b18-7-. The summed E-state index contributed by atoms with van der Waals surface area (Å²) in [4.78, 5) is 0. The highest BCUT2D eigenvalue weighted by molar-refractivity contribution is 9.10. The molecule has 0 unspecified atom stereocenters. The molecule has 0 saturated carbocycles. The summed E-state index contributed by atoms with van der Waals surface area (Å²) in [6, 6.07) is 10.5. The lowest BCUT2D eigenvalue weighted by Gasteiger charge is -2.06. The van der Waals surface area contributed by atoms with Crippen molar-refractivity contribution in [3.8, 4) is 5.75 Å². The second kappa shape index (κ2) is 6.97. The van der Waals surface area contributed by atoms with Crippen molar-refractivity contribution < 1.29 is 5.11 Å². The minimum atomic E-state index is 0.193. The molecular formula is C14H11BrCl2N2O. The van der Waals surface area contributed by atoms with Crippen LogP contribution in [0.25, 0.3) is 0 Å². The van der Waals surface area contributed by atoms with Crippen molar-refractivity contribution in [2.24, 2.45) is 5.10 Å². The molecule has 0 radical (unpaired) electrons. The number of nitrogens with one attached hydrogen (secondary N) is 1. The zero-order valence-electron chi connectivity index (χ0n) is 10.3. The van der Waals surface area contributed by atoms with Gasteiger partial charge in [-0.05, 0) is 51.8 Å². The molecule has 0 amide bonds. The lowest BCUT2D eigenvalue weighted by molar-refractivity contribution is 0.472. The van der Waals surface area contributed by atoms with E-state index < -0.39 is 0 Å². The number of rotatable bonds is 4. The van der Waals surface area contributed by atoms with Gasteiger partial charge in [-0.25, -0.2) is 0 Å². The second-order valence-electron chi connectivity index (χ2n) is 4.00. The predicted molar refractivity (Wildman–Crippen MR) is 86.7 cm³/mol. The van der Waals surface area contributed by atoms with Crippen LogP contribution in [-0.4, -0.2) is 11.3 Å². The molecule has 104 valence electrons. The van der Waals surface area contributed by atoms with Crippen LogP contribution in [0.5, 0.6) is 5.75 Å². The molecule has 0 aliphatic rings. The fourth-order valence-corrected chi connectivity index (χ4v) is 2.48. The Hall–Kier alpha value is -1.23. The highest BCUT2D eigenvalue weighted by atomic mass is 79.9. The SMILES string of the molecule is Oc1ccc(/C=N\NCc2c(Cl)cccc2Cl)cc1Br. The number of aromatic hydroxyl groups is 1. The van der Waals surface area contributed by atoms with Crippen LogP contribution in [0.2, 0.25) is 10.0 Å². The molecule has 0 heterocycles. The minimum Gasteiger partial charge on any atom is -0.507 e. The molecule has 0 aliphatic carbocycles. The number of hydrazone groups is 1. The first-order chi connectivity index (χ1) is 9.58. The maximum Gasteiger partial charge on any atom is 0.129 e. The fraction of sp³-hybridized carbons (Fsp3) is 0.0714. The molecule has 2 aromatic carbocycles. The van der Waals surface area contributed by atoms with Gasteiger partial charge < -0.3 is 10.5 Å². The molecule has 0 bridgehead atoms. The average molecular weight is 374 g/mol. The summed E-state index contributed by atoms with van der Waals surface area (Å²) in [6.45, 7) is 0.439. The Kier molecular flexibility index (Phi) is 5.29. The lowest BCUT2D eigenvalue weighted by atomic mass is 10.2. The molecule has 2 N–H and O–H groups in total. The summed E-state index contributed by atoms with van der Waals surface area (Å²) in [6.07, 6.45) is 1.65. The summed E-state index contributed by atoms with van der Waals surface area (Å²) in [7, 11) is 0. The quantitative estimate of drug-likeness (QED) is 0.608. The molecule has 0 aliphatic heterocycles. The van der Waals surface area contributed by atoms with Gasteiger partial charge in [0.2, 0.25) is 0 Å². The zero-order valence-corrected chi connectivity index (χ0v) is 13.4. The summed E-state index contributed by atoms with van der Waals surface area (Å²) >= 11 is 15.4. The minimum absolute atomic E-state index is 0.193. The normalized spacial score (nSPS) is 10.9. The average Bonchev–Trinajstić information content (AvgIpc) is 2.41. The largest absolute Gasteiger partial charge is 0.507 e. The van der Waals surface area contributed by atoms with E-state index in [1.165, 1.54) is 0 Å². The summed E-state index contributed by atoms with van der Waals surface area (Å²) < 4.78 is 0.621. The molecule has 3 nitrogen and oxygen atoms in total. The van der Waals surface area contributed by atoms with Gasteiger partial charge in [-0.3, -0.25) is 0 Å². The van der Waals surface area contributed by atoms with Gasteiger partial charge in [0.1, 0.15) is 5.75 Å². The van der Waals surface area contributed by atoms with Gasteiger partial charge in [-0.2, -0.15) is 5.10 Å². The summed E-state index contributed by atoms with van der Waals surface area (Å²) in [5.41, 5.74) is 4.55. The van der Waals surface area contributed by atoms with Crippen molar-refractivity contribution >= 4 is 45.3 Å². The van der Waals surface area contributed by atoms with Crippen LogP contribution >= 0.6 is 39.1 Å². The third kappa shape index (κ3) is 3.88. The lowest BCUT2D eigenvalue weighted by Crippen LogP contribution is -2.06. The van der Waals surface area contributed by atoms with E-state index in [9.17, 15) is 5.11 Å². The fourth-order valence-electron chi connectivity index (χ4n) is 1.55. The summed E-state index contributed by atoms with van der Waals surface area (Å²) in [5, 5.41) is 14.7. The molecule has 0 atom stereocenters. The zero-order chi connectivity index (χ0) is 14.5. The second-order valence-corrected chi connectivity index (χ2v) is 5.67. The van der Waals surface area contributed by atoms with E-state index in [2.05, 4.69) is 26.5 Å². The van der Waals surface area contributed by atoms with Crippen molar-refractivity contribution in [3.63, 3.8) is 0 Å². The number of phenols is 1. The number of phenolic OH excluding ortho intramolecular Hbond substituents is 1. The number of halogens is 3. The van der Waals surface area contributed by atoms with Gasteiger partial charge >= 0.3 is 0 Å². The highest BCUT2D eigenvalue weighted by Gasteiger charge is 2.03. The molecule has 0 aromatic heterocycles. The first kappa shape index (κ1) is 15.2. The Labute approximate surface area is 135 Å². The van der Waals surface area contributed by atoms with Gasteiger partial charge in [0.15, 0.2) is 0 Å². The number of hydrogen-bond acceptors (Lipinski definition) is 3. The number of benzene rings is 2. The van der Waals surface area contributed by atoms with E-state index in [1.54, 1.807) is 42.6 Å². The van der Waals surface area contributed by atoms with E-state index in [0.717, 1.165) is 11.1 Å². The molecule has 2 aromatic rings. The van der Waals surface area contributed by atoms with Crippen molar-refractivity contribution in [2.45, 2.75) is 6.54 Å². The van der Waals surface area contributed by atoms with Crippen LogP contribution in [0.4, 0.5) is 0 Å². The molecule has 6 heteroatoms. The molecule has 0 saturated heterocycles. The van der Waals surface area contributed by atoms with Crippen LogP contribution in [0.3, 0.4) is 0 Å². The van der Waals surface area contributed by atoms with E-state index in [1.807, 2.05) is 0 Å². The van der Waals surface area contributed by atoms with E-state index in [-0.39, 0.29) is 5.75 Å². The molecule has 0 fully saturated rings. The maximum atomic E-state index is 9.39. The molecule has 0 spiro atoms. The third-order valence-electron chi connectivity index (χ3n) is 2.59.